The van der Waals surface area contributed by atoms with Gasteiger partial charge in [0.15, 0.2) is 0 Å². The van der Waals surface area contributed by atoms with Crippen LogP contribution in [0, 0.1) is 11.8 Å². The number of rotatable bonds is 9. The van der Waals surface area contributed by atoms with E-state index in [0.29, 0.717) is 12.1 Å². The van der Waals surface area contributed by atoms with Crippen molar-refractivity contribution in [2.24, 2.45) is 11.8 Å². The van der Waals surface area contributed by atoms with Crippen molar-refractivity contribution in [2.45, 2.75) is 85.7 Å². The van der Waals surface area contributed by atoms with E-state index in [1.165, 1.54) is 32.1 Å². The largest absolute Gasteiger partial charge is 0.311 e. The molecule has 0 aromatic carbocycles. The van der Waals surface area contributed by atoms with E-state index >= 15 is 0 Å². The fraction of sp³-hybridized carbons (Fsp3) is 1.00. The summed E-state index contributed by atoms with van der Waals surface area (Å²) in [7, 11) is 0. The summed E-state index contributed by atoms with van der Waals surface area (Å²) in [5, 5.41) is 3.80. The zero-order valence-electron chi connectivity index (χ0n) is 12.3. The third-order valence-corrected chi connectivity index (χ3v) is 3.85. The van der Waals surface area contributed by atoms with Crippen molar-refractivity contribution in [1.29, 1.82) is 0 Å². The first-order chi connectivity index (χ1) is 7.53. The Bertz CT molecular complexity index is 156. The molecule has 0 aliphatic heterocycles. The van der Waals surface area contributed by atoms with Crippen molar-refractivity contribution < 1.29 is 0 Å². The van der Waals surface area contributed by atoms with E-state index < -0.39 is 0 Å². The fourth-order valence-corrected chi connectivity index (χ4v) is 2.25. The number of hydrogen-bond acceptors (Lipinski definition) is 1. The van der Waals surface area contributed by atoms with Crippen LogP contribution in [0.1, 0.15) is 73.6 Å². The lowest BCUT2D eigenvalue weighted by molar-refractivity contribution is 0.325. The van der Waals surface area contributed by atoms with E-state index in [0.717, 1.165) is 11.8 Å². The normalized spacial score (nSPS) is 19.1. The zero-order valence-corrected chi connectivity index (χ0v) is 12.3. The first-order valence-electron chi connectivity index (χ1n) is 7.29. The SMILES string of the molecule is CCC(C)CC(C)NC(CC)CC(C)CC. The molecule has 0 saturated heterocycles. The van der Waals surface area contributed by atoms with Crippen LogP contribution in [0.5, 0.6) is 0 Å². The third kappa shape index (κ3) is 7.27. The van der Waals surface area contributed by atoms with Crippen molar-refractivity contribution in [3.8, 4) is 0 Å². The summed E-state index contributed by atoms with van der Waals surface area (Å²) in [5.74, 6) is 1.71. The van der Waals surface area contributed by atoms with Gasteiger partial charge in [-0.15, -0.1) is 0 Å². The lowest BCUT2D eigenvalue weighted by Gasteiger charge is -2.26. The lowest BCUT2D eigenvalue weighted by Crippen LogP contribution is -2.38. The van der Waals surface area contributed by atoms with Crippen LogP contribution in [0.3, 0.4) is 0 Å². The molecule has 1 heteroatoms. The Morgan fingerprint density at radius 2 is 1.25 bits per heavy atom. The quantitative estimate of drug-likeness (QED) is 0.606. The summed E-state index contributed by atoms with van der Waals surface area (Å²) in [5.41, 5.74) is 0. The van der Waals surface area contributed by atoms with Crippen molar-refractivity contribution >= 4 is 0 Å². The summed E-state index contributed by atoms with van der Waals surface area (Å²) >= 11 is 0. The highest BCUT2D eigenvalue weighted by atomic mass is 14.9. The Balaban J connectivity index is 3.91. The molecule has 0 heterocycles. The van der Waals surface area contributed by atoms with Crippen LogP contribution in [-0.4, -0.2) is 12.1 Å². The van der Waals surface area contributed by atoms with Crippen molar-refractivity contribution in [1.82, 2.24) is 5.32 Å². The summed E-state index contributed by atoms with van der Waals surface area (Å²) in [6.45, 7) is 13.9. The third-order valence-electron chi connectivity index (χ3n) is 3.85. The topological polar surface area (TPSA) is 12.0 Å². The molecule has 0 bridgehead atoms. The van der Waals surface area contributed by atoms with Gasteiger partial charge < -0.3 is 5.32 Å². The predicted molar refractivity (Wildman–Crippen MR) is 74.8 cm³/mol. The van der Waals surface area contributed by atoms with Gasteiger partial charge in [-0.2, -0.15) is 0 Å². The maximum absolute atomic E-state index is 3.80. The van der Waals surface area contributed by atoms with Crippen molar-refractivity contribution in [3.05, 3.63) is 0 Å². The molecule has 0 aliphatic carbocycles. The predicted octanol–water partition coefficient (Wildman–Crippen LogP) is 4.62. The molecule has 0 saturated carbocycles. The van der Waals surface area contributed by atoms with Crippen molar-refractivity contribution in [2.75, 3.05) is 0 Å². The van der Waals surface area contributed by atoms with Gasteiger partial charge in [-0.1, -0.05) is 47.5 Å². The summed E-state index contributed by atoms with van der Waals surface area (Å²) in [6.07, 6.45) is 6.51. The Hall–Kier alpha value is -0.0400. The molecular formula is C15H33N. The van der Waals surface area contributed by atoms with E-state index in [1.54, 1.807) is 0 Å². The Morgan fingerprint density at radius 3 is 1.69 bits per heavy atom. The van der Waals surface area contributed by atoms with Crippen LogP contribution < -0.4 is 5.32 Å². The standard InChI is InChI=1S/C15H33N/c1-7-12(4)10-14(6)16-15(9-3)11-13(5)8-2/h12-16H,7-11H2,1-6H3. The molecule has 0 amide bonds. The molecule has 0 radical (unpaired) electrons. The van der Waals surface area contributed by atoms with Gasteiger partial charge >= 0.3 is 0 Å². The van der Waals surface area contributed by atoms with E-state index in [-0.39, 0.29) is 0 Å². The van der Waals surface area contributed by atoms with Gasteiger partial charge in [0.1, 0.15) is 0 Å². The van der Waals surface area contributed by atoms with E-state index in [2.05, 4.69) is 46.9 Å². The molecule has 4 atom stereocenters. The second-order valence-corrected chi connectivity index (χ2v) is 5.67. The highest BCUT2D eigenvalue weighted by Crippen LogP contribution is 2.15. The molecule has 0 aromatic rings. The molecule has 0 spiro atoms. The van der Waals surface area contributed by atoms with Gasteiger partial charge in [-0.05, 0) is 38.0 Å². The average molecular weight is 227 g/mol. The Morgan fingerprint density at radius 1 is 0.750 bits per heavy atom. The highest BCUT2D eigenvalue weighted by molar-refractivity contribution is 4.73. The van der Waals surface area contributed by atoms with Crippen LogP contribution in [0.15, 0.2) is 0 Å². The number of hydrogen-bond donors (Lipinski definition) is 1. The minimum Gasteiger partial charge on any atom is -0.311 e. The molecule has 0 fully saturated rings. The van der Waals surface area contributed by atoms with Crippen LogP contribution >= 0.6 is 0 Å². The van der Waals surface area contributed by atoms with Crippen LogP contribution in [0.4, 0.5) is 0 Å². The maximum Gasteiger partial charge on any atom is 0.00694 e. The maximum atomic E-state index is 3.80. The Labute approximate surface area is 103 Å². The second kappa shape index (κ2) is 9.04. The molecule has 0 aromatic heterocycles. The molecule has 1 nitrogen and oxygen atoms in total. The summed E-state index contributed by atoms with van der Waals surface area (Å²) in [6, 6.07) is 1.39. The van der Waals surface area contributed by atoms with Crippen molar-refractivity contribution in [3.63, 3.8) is 0 Å². The van der Waals surface area contributed by atoms with Gasteiger partial charge in [0, 0.05) is 12.1 Å². The molecule has 0 aliphatic rings. The van der Waals surface area contributed by atoms with Gasteiger partial charge in [0.25, 0.3) is 0 Å². The van der Waals surface area contributed by atoms with E-state index in [1.807, 2.05) is 0 Å². The van der Waals surface area contributed by atoms with E-state index in [4.69, 9.17) is 0 Å². The highest BCUT2D eigenvalue weighted by Gasteiger charge is 2.14. The molecule has 1 N–H and O–H groups in total. The zero-order chi connectivity index (χ0) is 12.6. The molecular weight excluding hydrogens is 194 g/mol. The monoisotopic (exact) mass is 227 g/mol. The second-order valence-electron chi connectivity index (χ2n) is 5.67. The van der Waals surface area contributed by atoms with Gasteiger partial charge in [-0.25, -0.2) is 0 Å². The first kappa shape index (κ1) is 16.0. The van der Waals surface area contributed by atoms with Gasteiger partial charge in [-0.3, -0.25) is 0 Å². The molecule has 16 heavy (non-hydrogen) atoms. The molecule has 0 rings (SSSR count). The smallest absolute Gasteiger partial charge is 0.00694 e. The van der Waals surface area contributed by atoms with Crippen LogP contribution in [0.25, 0.3) is 0 Å². The minimum atomic E-state index is 0.670. The Kier molecular flexibility index (Phi) is 9.02. The van der Waals surface area contributed by atoms with Crippen LogP contribution in [-0.2, 0) is 0 Å². The molecule has 4 unspecified atom stereocenters. The van der Waals surface area contributed by atoms with E-state index in [9.17, 15) is 0 Å². The minimum absolute atomic E-state index is 0.670. The summed E-state index contributed by atoms with van der Waals surface area (Å²) < 4.78 is 0. The number of nitrogens with one attached hydrogen (secondary N) is 1. The lowest BCUT2D eigenvalue weighted by atomic mass is 9.95. The van der Waals surface area contributed by atoms with Gasteiger partial charge in [0.05, 0.1) is 0 Å². The molecule has 98 valence electrons. The summed E-state index contributed by atoms with van der Waals surface area (Å²) in [4.78, 5) is 0. The average Bonchev–Trinajstić information content (AvgIpc) is 2.27. The van der Waals surface area contributed by atoms with Gasteiger partial charge in [0.2, 0.25) is 0 Å². The first-order valence-corrected chi connectivity index (χ1v) is 7.29. The fourth-order valence-electron chi connectivity index (χ4n) is 2.25. The van der Waals surface area contributed by atoms with Crippen LogP contribution in [0.2, 0.25) is 0 Å².